The van der Waals surface area contributed by atoms with Gasteiger partial charge in [-0.1, -0.05) is 13.8 Å². The molecule has 5 heteroatoms. The zero-order valence-electron chi connectivity index (χ0n) is 10.1. The number of hydrogen-bond acceptors (Lipinski definition) is 4. The second-order valence-electron chi connectivity index (χ2n) is 4.10. The van der Waals surface area contributed by atoms with Gasteiger partial charge < -0.3 is 15.6 Å². The lowest BCUT2D eigenvalue weighted by Crippen LogP contribution is -2.37. The van der Waals surface area contributed by atoms with Crippen molar-refractivity contribution in [2.24, 2.45) is 11.7 Å². The van der Waals surface area contributed by atoms with Crippen molar-refractivity contribution in [2.75, 3.05) is 11.9 Å². The van der Waals surface area contributed by atoms with Gasteiger partial charge in [-0.05, 0) is 12.8 Å². The number of anilines is 1. The van der Waals surface area contributed by atoms with E-state index in [1.807, 2.05) is 6.92 Å². The van der Waals surface area contributed by atoms with E-state index in [9.17, 15) is 4.79 Å². The van der Waals surface area contributed by atoms with Crippen LogP contribution in [0, 0.1) is 5.92 Å². The molecule has 1 heterocycles. The molecule has 0 spiro atoms. The van der Waals surface area contributed by atoms with Crippen LogP contribution in [-0.4, -0.2) is 22.1 Å². The summed E-state index contributed by atoms with van der Waals surface area (Å²) in [6.45, 7) is 7.18. The van der Waals surface area contributed by atoms with Crippen LogP contribution in [0.5, 0.6) is 0 Å². The Morgan fingerprint density at radius 3 is 2.75 bits per heavy atom. The zero-order chi connectivity index (χ0) is 12.1. The minimum Gasteiger partial charge on any atom is -0.361 e. The molecule has 0 amide bonds. The van der Waals surface area contributed by atoms with Gasteiger partial charge in [-0.15, -0.1) is 0 Å². The average molecular weight is 224 g/mol. The van der Waals surface area contributed by atoms with Crippen molar-refractivity contribution in [1.82, 2.24) is 9.55 Å². The van der Waals surface area contributed by atoms with Crippen LogP contribution in [0.3, 0.4) is 0 Å². The molecule has 1 unspecified atom stereocenters. The summed E-state index contributed by atoms with van der Waals surface area (Å²) >= 11 is 0. The molecule has 0 radical (unpaired) electrons. The molecule has 1 aromatic heterocycles. The fourth-order valence-electron chi connectivity index (χ4n) is 1.47. The standard InChI is InChI=1S/C11H20N4O/c1-4-15-6-5-13-10(11(15)16)14-9(7-12)8(2)3/h5-6,8-9H,4,7,12H2,1-3H3,(H,13,14). The van der Waals surface area contributed by atoms with Gasteiger partial charge in [-0.2, -0.15) is 0 Å². The second-order valence-corrected chi connectivity index (χ2v) is 4.10. The van der Waals surface area contributed by atoms with Crippen LogP contribution in [0.25, 0.3) is 0 Å². The van der Waals surface area contributed by atoms with Crippen molar-refractivity contribution >= 4 is 5.82 Å². The van der Waals surface area contributed by atoms with Gasteiger partial charge in [0.25, 0.3) is 5.56 Å². The largest absolute Gasteiger partial charge is 0.361 e. The van der Waals surface area contributed by atoms with Gasteiger partial charge in [0.05, 0.1) is 0 Å². The highest BCUT2D eigenvalue weighted by molar-refractivity contribution is 5.32. The Bertz CT molecular complexity index is 386. The van der Waals surface area contributed by atoms with Crippen LogP contribution in [0.1, 0.15) is 20.8 Å². The van der Waals surface area contributed by atoms with E-state index in [1.54, 1.807) is 17.0 Å². The lowest BCUT2D eigenvalue weighted by molar-refractivity contribution is 0.528. The molecule has 3 N–H and O–H groups in total. The Balaban J connectivity index is 2.93. The van der Waals surface area contributed by atoms with Crippen molar-refractivity contribution in [1.29, 1.82) is 0 Å². The van der Waals surface area contributed by atoms with E-state index < -0.39 is 0 Å². The Morgan fingerprint density at radius 1 is 1.56 bits per heavy atom. The molecule has 0 saturated heterocycles. The second kappa shape index (κ2) is 5.65. The Kier molecular flexibility index (Phi) is 4.49. The first kappa shape index (κ1) is 12.7. The maximum Gasteiger partial charge on any atom is 0.293 e. The van der Waals surface area contributed by atoms with Crippen molar-refractivity contribution in [2.45, 2.75) is 33.4 Å². The molecule has 0 aromatic carbocycles. The number of hydrogen-bond donors (Lipinski definition) is 2. The van der Waals surface area contributed by atoms with Crippen LogP contribution in [-0.2, 0) is 6.54 Å². The maximum absolute atomic E-state index is 11.9. The molecule has 5 nitrogen and oxygen atoms in total. The van der Waals surface area contributed by atoms with Crippen LogP contribution >= 0.6 is 0 Å². The van der Waals surface area contributed by atoms with Crippen molar-refractivity contribution < 1.29 is 0 Å². The molecule has 1 aromatic rings. The van der Waals surface area contributed by atoms with Crippen LogP contribution in [0.15, 0.2) is 17.2 Å². The molecule has 1 atom stereocenters. The first-order valence-electron chi connectivity index (χ1n) is 5.62. The summed E-state index contributed by atoms with van der Waals surface area (Å²) in [4.78, 5) is 15.9. The van der Waals surface area contributed by atoms with E-state index in [0.717, 1.165) is 0 Å². The third-order valence-electron chi connectivity index (χ3n) is 2.64. The summed E-state index contributed by atoms with van der Waals surface area (Å²) in [6.07, 6.45) is 3.31. The first-order valence-corrected chi connectivity index (χ1v) is 5.62. The third kappa shape index (κ3) is 2.82. The van der Waals surface area contributed by atoms with E-state index in [4.69, 9.17) is 5.73 Å². The van der Waals surface area contributed by atoms with Crippen LogP contribution in [0.2, 0.25) is 0 Å². The minimum atomic E-state index is -0.0934. The highest BCUT2D eigenvalue weighted by Gasteiger charge is 2.13. The molecule has 0 aliphatic heterocycles. The fraction of sp³-hybridized carbons (Fsp3) is 0.636. The summed E-state index contributed by atoms with van der Waals surface area (Å²) in [7, 11) is 0. The molecule has 1 rings (SSSR count). The monoisotopic (exact) mass is 224 g/mol. The molecule has 16 heavy (non-hydrogen) atoms. The molecule has 0 aliphatic carbocycles. The summed E-state index contributed by atoms with van der Waals surface area (Å²) in [5.74, 6) is 0.745. The minimum absolute atomic E-state index is 0.0768. The summed E-state index contributed by atoms with van der Waals surface area (Å²) < 4.78 is 1.61. The van der Waals surface area contributed by atoms with E-state index in [0.29, 0.717) is 24.8 Å². The number of nitrogens with one attached hydrogen (secondary N) is 1. The van der Waals surface area contributed by atoms with E-state index >= 15 is 0 Å². The highest BCUT2D eigenvalue weighted by atomic mass is 16.1. The highest BCUT2D eigenvalue weighted by Crippen LogP contribution is 2.05. The van der Waals surface area contributed by atoms with Gasteiger partial charge in [-0.25, -0.2) is 4.98 Å². The molecule has 0 aliphatic rings. The normalized spacial score (nSPS) is 12.8. The topological polar surface area (TPSA) is 72.9 Å². The molecular formula is C11H20N4O. The van der Waals surface area contributed by atoms with E-state index in [-0.39, 0.29) is 11.6 Å². The van der Waals surface area contributed by atoms with Crippen molar-refractivity contribution in [3.8, 4) is 0 Å². The average Bonchev–Trinajstić information content (AvgIpc) is 2.27. The van der Waals surface area contributed by atoms with Gasteiger partial charge in [0, 0.05) is 31.5 Å². The van der Waals surface area contributed by atoms with Crippen molar-refractivity contribution in [3.63, 3.8) is 0 Å². The maximum atomic E-state index is 11.9. The number of nitrogens with two attached hydrogens (primary N) is 1. The lowest BCUT2D eigenvalue weighted by atomic mass is 10.1. The number of aromatic nitrogens is 2. The van der Waals surface area contributed by atoms with Crippen molar-refractivity contribution in [3.05, 3.63) is 22.7 Å². The lowest BCUT2D eigenvalue weighted by Gasteiger charge is -2.20. The summed E-state index contributed by atoms with van der Waals surface area (Å²) in [5, 5.41) is 3.10. The van der Waals surface area contributed by atoms with Crippen LogP contribution < -0.4 is 16.6 Å². The Morgan fingerprint density at radius 2 is 2.25 bits per heavy atom. The van der Waals surface area contributed by atoms with Gasteiger partial charge in [0.2, 0.25) is 0 Å². The Labute approximate surface area is 95.7 Å². The van der Waals surface area contributed by atoms with Gasteiger partial charge in [-0.3, -0.25) is 4.79 Å². The first-order chi connectivity index (χ1) is 7.60. The van der Waals surface area contributed by atoms with Crippen LogP contribution in [0.4, 0.5) is 5.82 Å². The smallest absolute Gasteiger partial charge is 0.293 e. The molecule has 0 saturated carbocycles. The Hall–Kier alpha value is -1.36. The summed E-state index contributed by atoms with van der Waals surface area (Å²) in [6, 6.07) is 0.0768. The molecule has 0 fully saturated rings. The SMILES string of the molecule is CCn1ccnc(NC(CN)C(C)C)c1=O. The molecule has 90 valence electrons. The number of rotatable bonds is 5. The quantitative estimate of drug-likeness (QED) is 0.770. The van der Waals surface area contributed by atoms with E-state index in [2.05, 4.69) is 24.1 Å². The molecule has 0 bridgehead atoms. The predicted octanol–water partition coefficient (Wildman–Crippen LogP) is 0.658. The number of aryl methyl sites for hydroxylation is 1. The molecular weight excluding hydrogens is 204 g/mol. The van der Waals surface area contributed by atoms with Gasteiger partial charge in [0.1, 0.15) is 0 Å². The zero-order valence-corrected chi connectivity index (χ0v) is 10.1. The fourth-order valence-corrected chi connectivity index (χ4v) is 1.47. The summed E-state index contributed by atoms with van der Waals surface area (Å²) in [5.41, 5.74) is 5.55. The van der Waals surface area contributed by atoms with Gasteiger partial charge >= 0.3 is 0 Å². The van der Waals surface area contributed by atoms with E-state index in [1.165, 1.54) is 0 Å². The predicted molar refractivity (Wildman–Crippen MR) is 65.5 cm³/mol. The third-order valence-corrected chi connectivity index (χ3v) is 2.64. The number of nitrogens with zero attached hydrogens (tertiary/aromatic N) is 2. The van der Waals surface area contributed by atoms with Gasteiger partial charge in [0.15, 0.2) is 5.82 Å².